The van der Waals surface area contributed by atoms with Crippen LogP contribution in [0.1, 0.15) is 12.7 Å². The maximum Gasteiger partial charge on any atom is 0.336 e. The molecule has 0 N–H and O–H groups in total. The molecule has 72 valence electrons. The third-order valence-corrected chi connectivity index (χ3v) is 2.19. The Morgan fingerprint density at radius 1 is 1.57 bits per heavy atom. The van der Waals surface area contributed by atoms with Crippen LogP contribution in [-0.2, 0) is 0 Å². The third kappa shape index (κ3) is 3.55. The number of hydrogen-bond donors (Lipinski definition) is 0. The molecule has 0 saturated carbocycles. The van der Waals surface area contributed by atoms with Gasteiger partial charge in [0.1, 0.15) is 5.76 Å². The van der Waals surface area contributed by atoms with E-state index in [2.05, 4.69) is 11.5 Å². The van der Waals surface area contributed by atoms with Crippen molar-refractivity contribution in [3.63, 3.8) is 0 Å². The van der Waals surface area contributed by atoms with Crippen LogP contribution in [0.25, 0.3) is 6.08 Å². The van der Waals surface area contributed by atoms with Gasteiger partial charge in [-0.1, -0.05) is 17.5 Å². The van der Waals surface area contributed by atoms with E-state index in [-0.39, 0.29) is 5.63 Å². The molecule has 0 unspecified atom stereocenters. The quantitative estimate of drug-likeness (QED) is 0.697. The number of thioether (sulfide) groups is 1. The SMILES string of the molecule is CSC(C)=C=C=Cc1cccc(=O)o1. The van der Waals surface area contributed by atoms with Crippen molar-refractivity contribution in [3.8, 4) is 0 Å². The second-order valence-corrected chi connectivity index (χ2v) is 3.54. The van der Waals surface area contributed by atoms with Crippen LogP contribution in [-0.4, -0.2) is 6.26 Å². The first-order chi connectivity index (χ1) is 6.72. The van der Waals surface area contributed by atoms with Crippen molar-refractivity contribution in [1.29, 1.82) is 0 Å². The van der Waals surface area contributed by atoms with Crippen molar-refractivity contribution in [1.82, 2.24) is 0 Å². The Morgan fingerprint density at radius 3 is 3.00 bits per heavy atom. The van der Waals surface area contributed by atoms with Crippen LogP contribution >= 0.6 is 11.8 Å². The molecular formula is C11H10O2S. The van der Waals surface area contributed by atoms with E-state index >= 15 is 0 Å². The molecule has 0 amide bonds. The van der Waals surface area contributed by atoms with Crippen molar-refractivity contribution < 1.29 is 4.42 Å². The first kappa shape index (κ1) is 10.7. The summed E-state index contributed by atoms with van der Waals surface area (Å²) in [6.07, 6.45) is 3.55. The Kier molecular flexibility index (Phi) is 4.09. The van der Waals surface area contributed by atoms with Gasteiger partial charge in [-0.3, -0.25) is 0 Å². The molecule has 0 aliphatic carbocycles. The molecule has 1 rings (SSSR count). The zero-order valence-electron chi connectivity index (χ0n) is 8.03. The first-order valence-electron chi connectivity index (χ1n) is 4.05. The summed E-state index contributed by atoms with van der Waals surface area (Å²) >= 11 is 1.59. The summed E-state index contributed by atoms with van der Waals surface area (Å²) < 4.78 is 4.86. The normalized spacial score (nSPS) is 8.71. The van der Waals surface area contributed by atoms with Crippen LogP contribution in [0.3, 0.4) is 0 Å². The molecule has 1 aromatic heterocycles. The molecule has 0 saturated heterocycles. The van der Waals surface area contributed by atoms with E-state index in [4.69, 9.17) is 4.42 Å². The van der Waals surface area contributed by atoms with Gasteiger partial charge in [0.2, 0.25) is 0 Å². The van der Waals surface area contributed by atoms with Crippen molar-refractivity contribution in [2.75, 3.05) is 6.26 Å². The lowest BCUT2D eigenvalue weighted by Gasteiger charge is -1.85. The summed E-state index contributed by atoms with van der Waals surface area (Å²) in [7, 11) is 0. The third-order valence-electron chi connectivity index (χ3n) is 1.48. The van der Waals surface area contributed by atoms with Crippen LogP contribution in [0, 0.1) is 0 Å². The van der Waals surface area contributed by atoms with Crippen LogP contribution in [0.15, 0.2) is 43.8 Å². The molecule has 3 heteroatoms. The lowest BCUT2D eigenvalue weighted by Crippen LogP contribution is -1.94. The second kappa shape index (κ2) is 5.36. The largest absolute Gasteiger partial charge is 0.423 e. The standard InChI is InChI=1S/C11H10O2S/c1-9(14-2)5-3-6-10-7-4-8-11(12)13-10/h4,6-8H,1-2H3. The molecule has 0 radical (unpaired) electrons. The smallest absolute Gasteiger partial charge is 0.336 e. The van der Waals surface area contributed by atoms with Gasteiger partial charge >= 0.3 is 5.63 Å². The Bertz CT molecular complexity index is 458. The molecule has 0 atom stereocenters. The summed E-state index contributed by atoms with van der Waals surface area (Å²) in [5.74, 6) is 0.485. The second-order valence-electron chi connectivity index (χ2n) is 2.52. The van der Waals surface area contributed by atoms with E-state index in [1.165, 1.54) is 6.07 Å². The maximum absolute atomic E-state index is 10.8. The molecule has 0 aromatic carbocycles. The van der Waals surface area contributed by atoms with Crippen molar-refractivity contribution in [2.24, 2.45) is 0 Å². The number of hydrogen-bond acceptors (Lipinski definition) is 3. The summed E-state index contributed by atoms with van der Waals surface area (Å²) in [6, 6.07) is 4.71. The van der Waals surface area contributed by atoms with Crippen LogP contribution in [0.4, 0.5) is 0 Å². The van der Waals surface area contributed by atoms with Gasteiger partial charge in [-0.15, -0.1) is 11.8 Å². The maximum atomic E-state index is 10.8. The van der Waals surface area contributed by atoms with Gasteiger partial charge in [-0.2, -0.15) is 0 Å². The Labute approximate surface area is 86.6 Å². The molecule has 14 heavy (non-hydrogen) atoms. The lowest BCUT2D eigenvalue weighted by molar-refractivity contribution is 0.501. The highest BCUT2D eigenvalue weighted by molar-refractivity contribution is 8.02. The van der Waals surface area contributed by atoms with E-state index in [9.17, 15) is 4.79 Å². The molecular weight excluding hydrogens is 196 g/mol. The van der Waals surface area contributed by atoms with Crippen molar-refractivity contribution in [2.45, 2.75) is 6.92 Å². The summed E-state index contributed by atoms with van der Waals surface area (Å²) in [6.45, 7) is 1.94. The molecule has 1 aromatic rings. The summed E-state index contributed by atoms with van der Waals surface area (Å²) in [5.41, 5.74) is 5.37. The van der Waals surface area contributed by atoms with E-state index in [1.807, 2.05) is 13.2 Å². The van der Waals surface area contributed by atoms with E-state index in [1.54, 1.807) is 30.0 Å². The predicted molar refractivity (Wildman–Crippen MR) is 59.2 cm³/mol. The minimum atomic E-state index is -0.355. The zero-order chi connectivity index (χ0) is 10.4. The van der Waals surface area contributed by atoms with Gasteiger partial charge < -0.3 is 4.42 Å². The van der Waals surface area contributed by atoms with Gasteiger partial charge in [0.15, 0.2) is 0 Å². The Morgan fingerprint density at radius 2 is 2.36 bits per heavy atom. The fraction of sp³-hybridized carbons (Fsp3) is 0.182. The molecule has 2 nitrogen and oxygen atoms in total. The van der Waals surface area contributed by atoms with E-state index < -0.39 is 0 Å². The van der Waals surface area contributed by atoms with E-state index in [0.29, 0.717) is 5.76 Å². The molecule has 0 aliphatic rings. The van der Waals surface area contributed by atoms with Gasteiger partial charge in [0.25, 0.3) is 0 Å². The van der Waals surface area contributed by atoms with Gasteiger partial charge in [-0.25, -0.2) is 4.79 Å². The molecule has 0 bridgehead atoms. The average molecular weight is 206 g/mol. The minimum absolute atomic E-state index is 0.355. The van der Waals surface area contributed by atoms with Gasteiger partial charge in [0.05, 0.1) is 0 Å². The van der Waals surface area contributed by atoms with E-state index in [0.717, 1.165) is 4.91 Å². The topological polar surface area (TPSA) is 30.2 Å². The Hall–Kier alpha value is -1.40. The monoisotopic (exact) mass is 206 g/mol. The van der Waals surface area contributed by atoms with Gasteiger partial charge in [0, 0.05) is 17.0 Å². The van der Waals surface area contributed by atoms with Gasteiger partial charge in [-0.05, 0) is 19.2 Å². The molecule has 1 heterocycles. The molecule has 0 aliphatic heterocycles. The number of rotatable bonds is 2. The van der Waals surface area contributed by atoms with Crippen LogP contribution in [0.5, 0.6) is 0 Å². The fourth-order valence-electron chi connectivity index (χ4n) is 0.743. The average Bonchev–Trinajstić information content (AvgIpc) is 2.17. The molecule has 0 spiro atoms. The predicted octanol–water partition coefficient (Wildman–Crippen LogP) is 2.67. The van der Waals surface area contributed by atoms with Crippen LogP contribution in [0.2, 0.25) is 0 Å². The van der Waals surface area contributed by atoms with Crippen LogP contribution < -0.4 is 5.63 Å². The Balaban J connectivity index is 3.00. The van der Waals surface area contributed by atoms with Crippen molar-refractivity contribution in [3.05, 3.63) is 50.7 Å². The van der Waals surface area contributed by atoms with Crippen molar-refractivity contribution >= 4 is 17.8 Å². The zero-order valence-corrected chi connectivity index (χ0v) is 8.85. The minimum Gasteiger partial charge on any atom is -0.423 e. The lowest BCUT2D eigenvalue weighted by atomic mass is 10.4. The summed E-state index contributed by atoms with van der Waals surface area (Å²) in [5, 5.41) is 0. The highest BCUT2D eigenvalue weighted by Gasteiger charge is 1.87. The fourth-order valence-corrected chi connectivity index (χ4v) is 0.904. The highest BCUT2D eigenvalue weighted by Crippen LogP contribution is 2.06. The number of allylic oxidation sites excluding steroid dienone is 1. The highest BCUT2D eigenvalue weighted by atomic mass is 32.2. The summed E-state index contributed by atoms with van der Waals surface area (Å²) in [4.78, 5) is 11.8. The first-order valence-corrected chi connectivity index (χ1v) is 5.27. The molecule has 0 fully saturated rings.